The molecule has 1 atom stereocenters. The molecule has 0 unspecified atom stereocenters. The Bertz CT molecular complexity index is 546. The van der Waals surface area contributed by atoms with Crippen LogP contribution in [0.15, 0.2) is 12.3 Å². The number of aliphatic hydroxyl groups excluding tert-OH is 1. The van der Waals surface area contributed by atoms with E-state index in [9.17, 15) is 9.90 Å². The quantitative estimate of drug-likeness (QED) is 0.875. The standard InChI is InChI=1S/C15H22N4O2/c1-3-18-9-13(6-14(18)7-16)8-17-4-5-19(12(2)20)11-15(21)10-17/h6,9,15,21H,3-5,8,10-11H2,1-2H3/t15-/m1/s1. The van der Waals surface area contributed by atoms with Gasteiger partial charge in [0.1, 0.15) is 11.8 Å². The van der Waals surface area contributed by atoms with Crippen LogP contribution < -0.4 is 0 Å². The first-order valence-corrected chi connectivity index (χ1v) is 7.28. The van der Waals surface area contributed by atoms with E-state index < -0.39 is 6.10 Å². The van der Waals surface area contributed by atoms with Crippen molar-refractivity contribution in [3.05, 3.63) is 23.5 Å². The highest BCUT2D eigenvalue weighted by atomic mass is 16.3. The number of hydrogen-bond acceptors (Lipinski definition) is 4. The highest BCUT2D eigenvalue weighted by Gasteiger charge is 2.22. The number of amides is 1. The number of nitriles is 1. The van der Waals surface area contributed by atoms with Crippen molar-refractivity contribution in [2.45, 2.75) is 33.0 Å². The summed E-state index contributed by atoms with van der Waals surface area (Å²) < 4.78 is 1.92. The Morgan fingerprint density at radius 3 is 2.81 bits per heavy atom. The van der Waals surface area contributed by atoms with Gasteiger partial charge in [0, 0.05) is 52.4 Å². The molecule has 1 aliphatic rings. The number of aliphatic hydroxyl groups is 1. The summed E-state index contributed by atoms with van der Waals surface area (Å²) in [5, 5.41) is 19.1. The number of β-amino-alcohol motifs (C(OH)–C–C–N with tert-alkyl or cyclic N) is 1. The molecule has 1 N–H and O–H groups in total. The van der Waals surface area contributed by atoms with Crippen molar-refractivity contribution in [1.82, 2.24) is 14.4 Å². The summed E-state index contributed by atoms with van der Waals surface area (Å²) in [6.45, 7) is 7.29. The van der Waals surface area contributed by atoms with Crippen molar-refractivity contribution in [2.75, 3.05) is 26.2 Å². The van der Waals surface area contributed by atoms with Gasteiger partial charge < -0.3 is 14.6 Å². The number of hydrogen-bond donors (Lipinski definition) is 1. The number of carbonyl (C=O) groups is 1. The third-order valence-electron chi connectivity index (χ3n) is 3.85. The van der Waals surface area contributed by atoms with Crippen LogP contribution in [0, 0.1) is 11.3 Å². The maximum Gasteiger partial charge on any atom is 0.219 e. The highest BCUT2D eigenvalue weighted by Crippen LogP contribution is 2.13. The van der Waals surface area contributed by atoms with E-state index in [1.165, 1.54) is 6.92 Å². The molecule has 1 fully saturated rings. The molecule has 114 valence electrons. The molecule has 6 nitrogen and oxygen atoms in total. The number of aromatic nitrogens is 1. The van der Waals surface area contributed by atoms with E-state index in [2.05, 4.69) is 11.0 Å². The second-order valence-corrected chi connectivity index (χ2v) is 5.49. The Labute approximate surface area is 125 Å². The lowest BCUT2D eigenvalue weighted by molar-refractivity contribution is -0.129. The van der Waals surface area contributed by atoms with Crippen LogP contribution in [0.1, 0.15) is 25.1 Å². The van der Waals surface area contributed by atoms with Crippen LogP contribution >= 0.6 is 0 Å². The maximum absolute atomic E-state index is 11.4. The van der Waals surface area contributed by atoms with Crippen molar-refractivity contribution < 1.29 is 9.90 Å². The molecule has 0 radical (unpaired) electrons. The first-order chi connectivity index (χ1) is 10.0. The monoisotopic (exact) mass is 290 g/mol. The van der Waals surface area contributed by atoms with E-state index in [0.29, 0.717) is 31.9 Å². The minimum Gasteiger partial charge on any atom is -0.390 e. The second kappa shape index (κ2) is 6.74. The molecule has 1 amide bonds. The minimum absolute atomic E-state index is 0.000183. The molecule has 0 spiro atoms. The van der Waals surface area contributed by atoms with Gasteiger partial charge >= 0.3 is 0 Å². The lowest BCUT2D eigenvalue weighted by Gasteiger charge is -2.20. The fraction of sp³-hybridized carbons (Fsp3) is 0.600. The average Bonchev–Trinajstić information content (AvgIpc) is 2.74. The molecule has 2 rings (SSSR count). The van der Waals surface area contributed by atoms with Gasteiger partial charge in [-0.3, -0.25) is 9.69 Å². The maximum atomic E-state index is 11.4. The van der Waals surface area contributed by atoms with Gasteiger partial charge in [0.25, 0.3) is 0 Å². The second-order valence-electron chi connectivity index (χ2n) is 5.49. The predicted octanol–water partition coefficient (Wildman–Crippen LogP) is 0.405. The van der Waals surface area contributed by atoms with Gasteiger partial charge in [-0.15, -0.1) is 0 Å². The van der Waals surface area contributed by atoms with Crippen LogP contribution in [0.4, 0.5) is 0 Å². The summed E-state index contributed by atoms with van der Waals surface area (Å²) in [6, 6.07) is 4.08. The molecule has 0 aromatic carbocycles. The third-order valence-corrected chi connectivity index (χ3v) is 3.85. The molecule has 1 aromatic heterocycles. The summed E-state index contributed by atoms with van der Waals surface area (Å²) in [4.78, 5) is 15.3. The Hall–Kier alpha value is -1.84. The summed E-state index contributed by atoms with van der Waals surface area (Å²) >= 11 is 0. The molecular weight excluding hydrogens is 268 g/mol. The van der Waals surface area contributed by atoms with Crippen molar-refractivity contribution in [3.63, 3.8) is 0 Å². The van der Waals surface area contributed by atoms with Crippen molar-refractivity contribution in [2.24, 2.45) is 0 Å². The minimum atomic E-state index is -0.528. The van der Waals surface area contributed by atoms with E-state index >= 15 is 0 Å². The van der Waals surface area contributed by atoms with E-state index in [1.54, 1.807) is 4.90 Å². The Morgan fingerprint density at radius 1 is 1.48 bits per heavy atom. The first-order valence-electron chi connectivity index (χ1n) is 7.28. The Kier molecular flexibility index (Phi) is 4.99. The number of rotatable bonds is 3. The summed E-state index contributed by atoms with van der Waals surface area (Å²) in [5.41, 5.74) is 1.73. The van der Waals surface area contributed by atoms with E-state index in [4.69, 9.17) is 5.26 Å². The zero-order chi connectivity index (χ0) is 15.4. The van der Waals surface area contributed by atoms with Crippen LogP contribution in [0.5, 0.6) is 0 Å². The summed E-state index contributed by atoms with van der Waals surface area (Å²) in [7, 11) is 0. The molecule has 0 bridgehead atoms. The Balaban J connectivity index is 2.04. The SMILES string of the molecule is CCn1cc(CN2CCN(C(C)=O)C[C@H](O)C2)cc1C#N. The summed E-state index contributed by atoms with van der Waals surface area (Å²) in [6.07, 6.45) is 1.46. The lowest BCUT2D eigenvalue weighted by atomic mass is 10.2. The van der Waals surface area contributed by atoms with E-state index in [1.807, 2.05) is 23.8 Å². The van der Waals surface area contributed by atoms with Gasteiger partial charge in [0.05, 0.1) is 6.10 Å². The Morgan fingerprint density at radius 2 is 2.24 bits per heavy atom. The van der Waals surface area contributed by atoms with Gasteiger partial charge in [0.15, 0.2) is 0 Å². The number of aryl methyl sites for hydroxylation is 1. The number of nitrogens with zero attached hydrogens (tertiary/aromatic N) is 4. The van der Waals surface area contributed by atoms with Crippen molar-refractivity contribution in [1.29, 1.82) is 5.26 Å². The molecule has 2 heterocycles. The molecule has 21 heavy (non-hydrogen) atoms. The average molecular weight is 290 g/mol. The van der Waals surface area contributed by atoms with E-state index in [-0.39, 0.29) is 5.91 Å². The molecular formula is C15H22N4O2. The number of carbonyl (C=O) groups excluding carboxylic acids is 1. The highest BCUT2D eigenvalue weighted by molar-refractivity contribution is 5.73. The normalized spacial score (nSPS) is 20.1. The molecule has 1 aliphatic heterocycles. The third kappa shape index (κ3) is 3.84. The smallest absolute Gasteiger partial charge is 0.219 e. The fourth-order valence-electron chi connectivity index (χ4n) is 2.75. The van der Waals surface area contributed by atoms with Gasteiger partial charge in [-0.2, -0.15) is 5.26 Å². The zero-order valence-corrected chi connectivity index (χ0v) is 12.6. The van der Waals surface area contributed by atoms with Gasteiger partial charge in [-0.25, -0.2) is 0 Å². The van der Waals surface area contributed by atoms with Crippen molar-refractivity contribution >= 4 is 5.91 Å². The van der Waals surface area contributed by atoms with Gasteiger partial charge in [-0.05, 0) is 18.6 Å². The van der Waals surface area contributed by atoms with Crippen LogP contribution in [0.25, 0.3) is 0 Å². The zero-order valence-electron chi connectivity index (χ0n) is 12.6. The lowest BCUT2D eigenvalue weighted by Crippen LogP contribution is -2.36. The molecule has 1 saturated heterocycles. The largest absolute Gasteiger partial charge is 0.390 e. The fourth-order valence-corrected chi connectivity index (χ4v) is 2.75. The molecule has 0 saturated carbocycles. The molecule has 0 aliphatic carbocycles. The van der Waals surface area contributed by atoms with Gasteiger partial charge in [-0.1, -0.05) is 0 Å². The van der Waals surface area contributed by atoms with Crippen LogP contribution in [0.3, 0.4) is 0 Å². The topological polar surface area (TPSA) is 72.5 Å². The van der Waals surface area contributed by atoms with E-state index in [0.717, 1.165) is 18.7 Å². The predicted molar refractivity (Wildman–Crippen MR) is 78.4 cm³/mol. The van der Waals surface area contributed by atoms with Crippen LogP contribution in [-0.2, 0) is 17.9 Å². The van der Waals surface area contributed by atoms with Crippen molar-refractivity contribution in [3.8, 4) is 6.07 Å². The molecule has 1 aromatic rings. The van der Waals surface area contributed by atoms with Crippen LogP contribution in [-0.4, -0.2) is 57.7 Å². The summed E-state index contributed by atoms with van der Waals surface area (Å²) in [5.74, 6) is -0.000183. The first kappa shape index (κ1) is 15.5. The van der Waals surface area contributed by atoms with Gasteiger partial charge in [0.2, 0.25) is 5.91 Å². The van der Waals surface area contributed by atoms with Crippen LogP contribution in [0.2, 0.25) is 0 Å². The molecule has 6 heteroatoms.